The molecule has 3 aliphatic rings. The lowest BCUT2D eigenvalue weighted by Crippen LogP contribution is -2.57. The average molecular weight is 646 g/mol. The Morgan fingerprint density at radius 2 is 1.96 bits per heavy atom. The normalized spacial score (nSPS) is 19.1. The summed E-state index contributed by atoms with van der Waals surface area (Å²) in [6, 6.07) is 11.5. The van der Waals surface area contributed by atoms with Gasteiger partial charge in [0.15, 0.2) is 0 Å². The molecule has 2 N–H and O–H groups in total. The minimum atomic E-state index is -4.54. The van der Waals surface area contributed by atoms with Gasteiger partial charge in [0.05, 0.1) is 41.1 Å². The van der Waals surface area contributed by atoms with Gasteiger partial charge in [-0.3, -0.25) is 14.6 Å². The molecule has 9 nitrogen and oxygen atoms in total. The Morgan fingerprint density at radius 1 is 1.20 bits per heavy atom. The number of benzene rings is 1. The number of alkyl halides is 3. The Labute approximate surface area is 264 Å². The van der Waals surface area contributed by atoms with E-state index in [0.29, 0.717) is 63.1 Å². The van der Waals surface area contributed by atoms with Crippen molar-refractivity contribution < 1.29 is 32.6 Å². The molecule has 2 aromatic heterocycles. The Kier molecular flexibility index (Phi) is 9.83. The molecule has 240 valence electrons. The molecular formula is C32H35ClF3N5O4. The summed E-state index contributed by atoms with van der Waals surface area (Å²) in [5.41, 5.74) is 1.65. The SMILES string of the molecule is CCOc1ncccc1-c1ccc2c(n1)CN(C[C@H]1CCNC1)C(=O)C21CCN(c2ccc(Cl)cc2C(F)(F)F)CC1.O=CO. The molecule has 0 radical (unpaired) electrons. The van der Waals surface area contributed by atoms with Gasteiger partial charge < -0.3 is 25.0 Å². The number of hydrogen-bond donors (Lipinski definition) is 2. The van der Waals surface area contributed by atoms with Gasteiger partial charge in [0, 0.05) is 36.5 Å². The molecule has 2 saturated heterocycles. The Balaban J connectivity index is 0.00000128. The Hall–Kier alpha value is -3.90. The van der Waals surface area contributed by atoms with Crippen LogP contribution >= 0.6 is 11.6 Å². The molecular weight excluding hydrogens is 611 g/mol. The quantitative estimate of drug-likeness (QED) is 0.343. The van der Waals surface area contributed by atoms with Crippen molar-refractivity contribution in [1.82, 2.24) is 20.2 Å². The zero-order chi connectivity index (χ0) is 32.2. The molecule has 13 heteroatoms. The van der Waals surface area contributed by atoms with E-state index in [1.165, 1.54) is 12.1 Å². The highest BCUT2D eigenvalue weighted by molar-refractivity contribution is 6.30. The van der Waals surface area contributed by atoms with Crippen LogP contribution in [0.15, 0.2) is 48.7 Å². The number of halogens is 4. The molecule has 0 unspecified atom stereocenters. The molecule has 3 aliphatic heterocycles. The number of anilines is 1. The molecule has 0 saturated carbocycles. The predicted molar refractivity (Wildman–Crippen MR) is 163 cm³/mol. The van der Waals surface area contributed by atoms with E-state index in [1.807, 2.05) is 36.1 Å². The number of aromatic nitrogens is 2. The molecule has 3 aromatic rings. The van der Waals surface area contributed by atoms with E-state index in [-0.39, 0.29) is 23.1 Å². The van der Waals surface area contributed by atoms with Crippen molar-refractivity contribution in [3.63, 3.8) is 0 Å². The highest BCUT2D eigenvalue weighted by Gasteiger charge is 2.50. The number of hydrogen-bond acceptors (Lipinski definition) is 7. The maximum atomic E-state index is 14.3. The average Bonchev–Trinajstić information content (AvgIpc) is 3.54. The summed E-state index contributed by atoms with van der Waals surface area (Å²) in [6.07, 6.45) is -1.10. The van der Waals surface area contributed by atoms with E-state index >= 15 is 0 Å². The summed E-state index contributed by atoms with van der Waals surface area (Å²) in [5.74, 6) is 0.890. The van der Waals surface area contributed by atoms with Gasteiger partial charge in [-0.05, 0) is 87.2 Å². The molecule has 1 amide bonds. The second-order valence-corrected chi connectivity index (χ2v) is 11.8. The van der Waals surface area contributed by atoms with Crippen LogP contribution in [0.2, 0.25) is 5.02 Å². The van der Waals surface area contributed by atoms with Crippen LogP contribution in [0.4, 0.5) is 18.9 Å². The molecule has 5 heterocycles. The number of fused-ring (bicyclic) bond motifs is 2. The van der Waals surface area contributed by atoms with Crippen LogP contribution in [0.1, 0.15) is 43.0 Å². The van der Waals surface area contributed by atoms with Gasteiger partial charge in [0.25, 0.3) is 6.47 Å². The van der Waals surface area contributed by atoms with E-state index in [9.17, 15) is 18.0 Å². The largest absolute Gasteiger partial charge is 0.483 e. The standard InChI is InChI=1S/C31H33ClF3N5O2.CH2O2/c1-2-42-28-22(4-3-12-37-28)25-7-6-23-26(38-25)19-40(18-20-9-13-36-17-20)29(41)30(23)10-14-39(15-11-30)27-8-5-21(32)16-24(27)31(33,34)35;2-1-3/h3-8,12,16,20,36H,2,9-11,13-15,17-19H2,1H3;1H,(H,2,3)/t20-;/m0./s1. The lowest BCUT2D eigenvalue weighted by molar-refractivity contribution is -0.141. The van der Waals surface area contributed by atoms with Gasteiger partial charge in [0.2, 0.25) is 11.8 Å². The van der Waals surface area contributed by atoms with Crippen LogP contribution in [0, 0.1) is 5.92 Å². The lowest BCUT2D eigenvalue weighted by Gasteiger charge is -2.48. The van der Waals surface area contributed by atoms with E-state index in [2.05, 4.69) is 10.3 Å². The smallest absolute Gasteiger partial charge is 0.418 e. The number of nitrogens with one attached hydrogen (secondary N) is 1. The zero-order valence-corrected chi connectivity index (χ0v) is 25.6. The Morgan fingerprint density at radius 3 is 2.62 bits per heavy atom. The third-order valence-corrected chi connectivity index (χ3v) is 8.95. The molecule has 1 atom stereocenters. The number of carbonyl (C=O) groups is 2. The number of rotatable bonds is 6. The number of nitrogens with zero attached hydrogens (tertiary/aromatic N) is 4. The van der Waals surface area contributed by atoms with Crippen LogP contribution in [-0.2, 0) is 27.7 Å². The van der Waals surface area contributed by atoms with Crippen molar-refractivity contribution in [3.8, 4) is 17.1 Å². The number of amides is 1. The number of carbonyl (C=O) groups excluding carboxylic acids is 1. The molecule has 45 heavy (non-hydrogen) atoms. The van der Waals surface area contributed by atoms with Gasteiger partial charge in [-0.2, -0.15) is 13.2 Å². The Bertz CT molecular complexity index is 1520. The molecule has 2 fully saturated rings. The monoisotopic (exact) mass is 645 g/mol. The topological polar surface area (TPSA) is 108 Å². The third-order valence-electron chi connectivity index (χ3n) is 8.72. The maximum Gasteiger partial charge on any atom is 0.418 e. The fourth-order valence-corrected chi connectivity index (χ4v) is 6.84. The predicted octanol–water partition coefficient (Wildman–Crippen LogP) is 5.41. The minimum Gasteiger partial charge on any atom is -0.483 e. The van der Waals surface area contributed by atoms with Crippen LogP contribution in [0.5, 0.6) is 5.88 Å². The van der Waals surface area contributed by atoms with Crippen LogP contribution < -0.4 is 15.0 Å². The van der Waals surface area contributed by atoms with Crippen molar-refractivity contribution in [3.05, 3.63) is 70.5 Å². The summed E-state index contributed by atoms with van der Waals surface area (Å²) in [7, 11) is 0. The van der Waals surface area contributed by atoms with Crippen LogP contribution in [0.25, 0.3) is 11.3 Å². The summed E-state index contributed by atoms with van der Waals surface area (Å²) in [4.78, 5) is 35.7. The lowest BCUT2D eigenvalue weighted by atomic mass is 9.68. The van der Waals surface area contributed by atoms with E-state index < -0.39 is 17.2 Å². The highest BCUT2D eigenvalue weighted by Crippen LogP contribution is 2.46. The van der Waals surface area contributed by atoms with E-state index in [1.54, 1.807) is 11.1 Å². The zero-order valence-electron chi connectivity index (χ0n) is 24.8. The molecule has 1 spiro atoms. The van der Waals surface area contributed by atoms with Crippen LogP contribution in [0.3, 0.4) is 0 Å². The highest BCUT2D eigenvalue weighted by atomic mass is 35.5. The first-order valence-electron chi connectivity index (χ1n) is 14.9. The van der Waals surface area contributed by atoms with Crippen molar-refractivity contribution in [1.29, 1.82) is 0 Å². The molecule has 1 aromatic carbocycles. The van der Waals surface area contributed by atoms with Gasteiger partial charge in [0.1, 0.15) is 0 Å². The van der Waals surface area contributed by atoms with Gasteiger partial charge in [-0.25, -0.2) is 4.98 Å². The second-order valence-electron chi connectivity index (χ2n) is 11.4. The fraction of sp³-hybridized carbons (Fsp3) is 0.438. The summed E-state index contributed by atoms with van der Waals surface area (Å²) in [6.45, 7) is 5.51. The first-order chi connectivity index (χ1) is 21.6. The van der Waals surface area contributed by atoms with Crippen LogP contribution in [-0.4, -0.2) is 71.7 Å². The minimum absolute atomic E-state index is 0.0379. The molecule has 0 bridgehead atoms. The number of carboxylic acid groups (broad SMARTS) is 1. The van der Waals surface area contributed by atoms with Crippen molar-refractivity contribution >= 4 is 29.7 Å². The van der Waals surface area contributed by atoms with E-state index in [4.69, 9.17) is 31.2 Å². The molecule has 6 rings (SSSR count). The number of ether oxygens (including phenoxy) is 1. The number of pyridine rings is 2. The summed E-state index contributed by atoms with van der Waals surface area (Å²) in [5, 5.41) is 10.3. The van der Waals surface area contributed by atoms with Crippen molar-refractivity contribution in [2.75, 3.05) is 44.2 Å². The summed E-state index contributed by atoms with van der Waals surface area (Å²) >= 11 is 5.93. The summed E-state index contributed by atoms with van der Waals surface area (Å²) < 4.78 is 47.5. The first kappa shape index (κ1) is 32.5. The van der Waals surface area contributed by atoms with E-state index in [0.717, 1.165) is 42.4 Å². The van der Waals surface area contributed by atoms with Crippen molar-refractivity contribution in [2.45, 2.75) is 44.3 Å². The third kappa shape index (κ3) is 6.72. The second kappa shape index (κ2) is 13.6. The van der Waals surface area contributed by atoms with Gasteiger partial charge in [-0.15, -0.1) is 0 Å². The first-order valence-corrected chi connectivity index (χ1v) is 15.3. The van der Waals surface area contributed by atoms with Gasteiger partial charge in [-0.1, -0.05) is 17.7 Å². The maximum absolute atomic E-state index is 14.3. The number of piperidine rings is 1. The molecule has 0 aliphatic carbocycles. The van der Waals surface area contributed by atoms with Gasteiger partial charge >= 0.3 is 6.18 Å². The van der Waals surface area contributed by atoms with Crippen molar-refractivity contribution in [2.24, 2.45) is 5.92 Å². The fourth-order valence-electron chi connectivity index (χ4n) is 6.67.